The van der Waals surface area contributed by atoms with Gasteiger partial charge < -0.3 is 9.26 Å². The van der Waals surface area contributed by atoms with E-state index in [2.05, 4.69) is 21.8 Å². The molecule has 4 nitrogen and oxygen atoms in total. The van der Waals surface area contributed by atoms with Gasteiger partial charge in [-0.2, -0.15) is 13.8 Å². The molecule has 1 aromatic carbocycles. The highest BCUT2D eigenvalue weighted by molar-refractivity contribution is 5.55. The van der Waals surface area contributed by atoms with Gasteiger partial charge in [-0.3, -0.25) is 0 Å². The molecule has 0 amide bonds. The number of nitrogens with zero attached hydrogens (tertiary/aromatic N) is 2. The van der Waals surface area contributed by atoms with Gasteiger partial charge in [0.2, 0.25) is 11.7 Å². The minimum atomic E-state index is -2.82. The van der Waals surface area contributed by atoms with E-state index in [1.165, 1.54) is 44.2 Å². The molecule has 1 aromatic heterocycles. The maximum atomic E-state index is 12.2. The van der Waals surface area contributed by atoms with Crippen molar-refractivity contribution in [2.24, 2.45) is 5.92 Å². The van der Waals surface area contributed by atoms with Crippen molar-refractivity contribution in [1.29, 1.82) is 0 Å². The maximum absolute atomic E-state index is 12.2. The van der Waals surface area contributed by atoms with E-state index in [1.807, 2.05) is 0 Å². The Morgan fingerprint density at radius 2 is 1.88 bits per heavy atom. The van der Waals surface area contributed by atoms with Gasteiger partial charge in [0, 0.05) is 11.5 Å². The third-order valence-corrected chi connectivity index (χ3v) is 4.94. The number of hydrogen-bond donors (Lipinski definition) is 0. The quantitative estimate of drug-likeness (QED) is 0.633. The van der Waals surface area contributed by atoms with Gasteiger partial charge in [0.05, 0.1) is 0 Å². The number of ether oxygens (including phenoxy) is 1. The molecule has 1 fully saturated rings. The van der Waals surface area contributed by atoms with Crippen LogP contribution >= 0.6 is 0 Å². The summed E-state index contributed by atoms with van der Waals surface area (Å²) in [5.41, 5.74) is 0.730. The fourth-order valence-electron chi connectivity index (χ4n) is 3.49. The van der Waals surface area contributed by atoms with Crippen LogP contribution in [0.5, 0.6) is 5.75 Å². The number of aromatic nitrogens is 2. The summed E-state index contributed by atoms with van der Waals surface area (Å²) < 4.78 is 34.2. The van der Waals surface area contributed by atoms with E-state index in [0.717, 1.165) is 24.3 Å². The van der Waals surface area contributed by atoms with Gasteiger partial charge in [0.15, 0.2) is 0 Å². The molecule has 0 bridgehead atoms. The molecule has 0 unspecified atom stereocenters. The Hall–Kier alpha value is -1.98. The molecule has 3 rings (SSSR count). The topological polar surface area (TPSA) is 48.2 Å². The molecule has 0 atom stereocenters. The van der Waals surface area contributed by atoms with Crippen molar-refractivity contribution in [3.63, 3.8) is 0 Å². The summed E-state index contributed by atoms with van der Waals surface area (Å²) in [5, 5.41) is 4.05. The molecule has 136 valence electrons. The molecule has 0 spiro atoms. The average Bonchev–Trinajstić information content (AvgIpc) is 3.10. The second-order valence-electron chi connectivity index (χ2n) is 6.72. The van der Waals surface area contributed by atoms with Crippen LogP contribution in [-0.2, 0) is 0 Å². The summed E-state index contributed by atoms with van der Waals surface area (Å²) in [6.07, 6.45) is 8.53. The second-order valence-corrected chi connectivity index (χ2v) is 6.72. The van der Waals surface area contributed by atoms with Crippen LogP contribution in [0.4, 0.5) is 8.78 Å². The van der Waals surface area contributed by atoms with E-state index in [-0.39, 0.29) is 5.75 Å². The molecular weight excluding hydrogens is 326 g/mol. The summed E-state index contributed by atoms with van der Waals surface area (Å²) in [6.45, 7) is -0.590. The zero-order valence-corrected chi connectivity index (χ0v) is 14.5. The number of halogens is 2. The number of unbranched alkanes of at least 4 members (excludes halogenated alkanes) is 1. The van der Waals surface area contributed by atoms with Gasteiger partial charge in [-0.05, 0) is 55.9 Å². The Kier molecular flexibility index (Phi) is 6.00. The first kappa shape index (κ1) is 17.8. The summed E-state index contributed by atoms with van der Waals surface area (Å²) >= 11 is 0. The van der Waals surface area contributed by atoms with Crippen molar-refractivity contribution in [1.82, 2.24) is 10.1 Å². The van der Waals surface area contributed by atoms with Crippen LogP contribution in [0, 0.1) is 5.92 Å². The Morgan fingerprint density at radius 1 is 1.16 bits per heavy atom. The molecule has 6 heteroatoms. The van der Waals surface area contributed by atoms with E-state index in [1.54, 1.807) is 12.1 Å². The first-order valence-corrected chi connectivity index (χ1v) is 9.04. The maximum Gasteiger partial charge on any atom is 0.387 e. The molecule has 0 N–H and O–H groups in total. The van der Waals surface area contributed by atoms with Crippen molar-refractivity contribution < 1.29 is 18.0 Å². The van der Waals surface area contributed by atoms with Crippen molar-refractivity contribution in [2.75, 3.05) is 0 Å². The van der Waals surface area contributed by atoms with Crippen LogP contribution in [0.3, 0.4) is 0 Å². The normalized spacial score (nSPS) is 20.8. The first-order valence-electron chi connectivity index (χ1n) is 9.04. The van der Waals surface area contributed by atoms with Gasteiger partial charge >= 0.3 is 6.61 Å². The minimum Gasteiger partial charge on any atom is -0.435 e. The molecule has 1 heterocycles. The van der Waals surface area contributed by atoms with Crippen LogP contribution in [0.15, 0.2) is 28.8 Å². The zero-order chi connectivity index (χ0) is 17.6. The minimum absolute atomic E-state index is 0.118. The lowest BCUT2D eigenvalue weighted by Gasteiger charge is -2.26. The number of alkyl halides is 2. The standard InChI is InChI=1S/C19H24F2N2O2/c1-2-3-4-13-5-7-15(8-6-13)18-22-17(23-25-18)14-9-11-16(12-10-14)24-19(20)21/h9-13,15,19H,2-8H2,1H3. The van der Waals surface area contributed by atoms with E-state index >= 15 is 0 Å². The van der Waals surface area contributed by atoms with E-state index < -0.39 is 6.61 Å². The molecule has 25 heavy (non-hydrogen) atoms. The van der Waals surface area contributed by atoms with Crippen molar-refractivity contribution >= 4 is 0 Å². The largest absolute Gasteiger partial charge is 0.435 e. The van der Waals surface area contributed by atoms with Crippen molar-refractivity contribution in [2.45, 2.75) is 64.4 Å². The van der Waals surface area contributed by atoms with E-state index in [9.17, 15) is 8.78 Å². The van der Waals surface area contributed by atoms with Crippen molar-refractivity contribution in [3.8, 4) is 17.1 Å². The third kappa shape index (κ3) is 4.77. The summed E-state index contributed by atoms with van der Waals surface area (Å²) in [7, 11) is 0. The number of hydrogen-bond acceptors (Lipinski definition) is 4. The van der Waals surface area contributed by atoms with Crippen LogP contribution in [0.1, 0.15) is 63.7 Å². The Morgan fingerprint density at radius 3 is 2.52 bits per heavy atom. The smallest absolute Gasteiger partial charge is 0.387 e. The molecule has 1 saturated carbocycles. The van der Waals surface area contributed by atoms with Crippen LogP contribution < -0.4 is 4.74 Å². The number of rotatable bonds is 7. The van der Waals surface area contributed by atoms with Crippen LogP contribution in [0.2, 0.25) is 0 Å². The summed E-state index contributed by atoms with van der Waals surface area (Å²) in [6, 6.07) is 6.29. The highest BCUT2D eigenvalue weighted by Gasteiger charge is 2.26. The van der Waals surface area contributed by atoms with E-state index in [0.29, 0.717) is 17.6 Å². The third-order valence-electron chi connectivity index (χ3n) is 4.94. The molecular formula is C19H24F2N2O2. The summed E-state index contributed by atoms with van der Waals surface area (Å²) in [4.78, 5) is 4.52. The molecule has 1 aliphatic carbocycles. The highest BCUT2D eigenvalue weighted by Crippen LogP contribution is 2.37. The average molecular weight is 350 g/mol. The number of benzene rings is 1. The SMILES string of the molecule is CCCCC1CCC(c2nc(-c3ccc(OC(F)F)cc3)no2)CC1. The zero-order valence-electron chi connectivity index (χ0n) is 14.5. The van der Waals surface area contributed by atoms with Crippen molar-refractivity contribution in [3.05, 3.63) is 30.2 Å². The van der Waals surface area contributed by atoms with E-state index in [4.69, 9.17) is 4.52 Å². The molecule has 2 aromatic rings. The monoisotopic (exact) mass is 350 g/mol. The molecule has 1 aliphatic rings. The Bertz CT molecular complexity index is 650. The lowest BCUT2D eigenvalue weighted by Crippen LogP contribution is -2.13. The van der Waals surface area contributed by atoms with Gasteiger partial charge in [0.1, 0.15) is 5.75 Å². The highest BCUT2D eigenvalue weighted by atomic mass is 19.3. The Balaban J connectivity index is 1.59. The van der Waals surface area contributed by atoms with Crippen LogP contribution in [-0.4, -0.2) is 16.8 Å². The van der Waals surface area contributed by atoms with Gasteiger partial charge in [-0.1, -0.05) is 31.3 Å². The summed E-state index contributed by atoms with van der Waals surface area (Å²) in [5.74, 6) is 2.47. The fraction of sp³-hybridized carbons (Fsp3) is 0.579. The lowest BCUT2D eigenvalue weighted by molar-refractivity contribution is -0.0498. The predicted octanol–water partition coefficient (Wildman–Crippen LogP) is 5.80. The van der Waals surface area contributed by atoms with Gasteiger partial charge in [0.25, 0.3) is 0 Å². The second kappa shape index (κ2) is 8.41. The first-order chi connectivity index (χ1) is 12.2. The molecule has 0 aliphatic heterocycles. The Labute approximate surface area is 146 Å². The predicted molar refractivity (Wildman–Crippen MR) is 90.6 cm³/mol. The lowest BCUT2D eigenvalue weighted by atomic mass is 9.80. The van der Waals surface area contributed by atoms with Gasteiger partial charge in [-0.25, -0.2) is 0 Å². The molecule has 0 saturated heterocycles. The molecule has 0 radical (unpaired) electrons. The van der Waals surface area contributed by atoms with Crippen LogP contribution in [0.25, 0.3) is 11.4 Å². The fourth-order valence-corrected chi connectivity index (χ4v) is 3.49. The van der Waals surface area contributed by atoms with Gasteiger partial charge in [-0.15, -0.1) is 0 Å².